The molecular formula is C14H14Br2FN3O. The summed E-state index contributed by atoms with van der Waals surface area (Å²) in [6.07, 6.45) is 0. The van der Waals surface area contributed by atoms with E-state index in [9.17, 15) is 4.39 Å². The molecule has 1 N–H and O–H groups in total. The molecule has 7 heteroatoms. The summed E-state index contributed by atoms with van der Waals surface area (Å²) >= 11 is 6.66. The third-order valence-electron chi connectivity index (χ3n) is 2.72. The summed E-state index contributed by atoms with van der Waals surface area (Å²) in [7, 11) is 1.61. The van der Waals surface area contributed by atoms with Gasteiger partial charge in [0.05, 0.1) is 21.2 Å². The molecule has 0 saturated heterocycles. The third-order valence-corrected chi connectivity index (χ3v) is 4.16. The van der Waals surface area contributed by atoms with Gasteiger partial charge in [-0.15, -0.1) is 0 Å². The van der Waals surface area contributed by atoms with Crippen LogP contribution >= 0.6 is 31.9 Å². The van der Waals surface area contributed by atoms with Crippen molar-refractivity contribution in [3.63, 3.8) is 0 Å². The molecular weight excluding hydrogens is 405 g/mol. The molecule has 0 aliphatic carbocycles. The van der Waals surface area contributed by atoms with E-state index < -0.39 is 0 Å². The van der Waals surface area contributed by atoms with E-state index in [0.29, 0.717) is 22.7 Å². The lowest BCUT2D eigenvalue weighted by Crippen LogP contribution is -2.07. The van der Waals surface area contributed by atoms with Crippen LogP contribution in [0.3, 0.4) is 0 Å². The van der Waals surface area contributed by atoms with E-state index in [1.54, 1.807) is 19.2 Å². The predicted octanol–water partition coefficient (Wildman–Crippen LogP) is 4.39. The highest BCUT2D eigenvalue weighted by atomic mass is 79.9. The quantitative estimate of drug-likeness (QED) is 0.782. The first-order valence-electron chi connectivity index (χ1n) is 6.31. The number of methoxy groups -OCH3 is 1. The Labute approximate surface area is 139 Å². The molecule has 1 heterocycles. The summed E-state index contributed by atoms with van der Waals surface area (Å²) in [6.45, 7) is 3.07. The number of rotatable bonds is 5. The minimum Gasteiger partial charge on any atom is -0.378 e. The van der Waals surface area contributed by atoms with E-state index in [4.69, 9.17) is 4.74 Å². The second-order valence-electron chi connectivity index (χ2n) is 4.25. The van der Waals surface area contributed by atoms with Gasteiger partial charge in [-0.3, -0.25) is 0 Å². The molecule has 0 saturated carbocycles. The van der Waals surface area contributed by atoms with E-state index in [0.717, 1.165) is 22.3 Å². The van der Waals surface area contributed by atoms with E-state index in [-0.39, 0.29) is 5.82 Å². The summed E-state index contributed by atoms with van der Waals surface area (Å²) < 4.78 is 19.7. The van der Waals surface area contributed by atoms with Gasteiger partial charge >= 0.3 is 0 Å². The Morgan fingerprint density at radius 2 is 2.05 bits per heavy atom. The normalized spacial score (nSPS) is 10.7. The molecule has 0 spiro atoms. The first-order valence-corrected chi connectivity index (χ1v) is 7.90. The minimum atomic E-state index is -0.320. The Kier molecular flexibility index (Phi) is 5.66. The lowest BCUT2D eigenvalue weighted by molar-refractivity contribution is 0.181. The van der Waals surface area contributed by atoms with E-state index >= 15 is 0 Å². The van der Waals surface area contributed by atoms with Crippen LogP contribution in [0.4, 0.5) is 10.2 Å². The Hall–Kier alpha value is -1.05. The number of benzene rings is 1. The summed E-state index contributed by atoms with van der Waals surface area (Å²) in [5, 5.41) is 3.17. The van der Waals surface area contributed by atoms with Gasteiger partial charge in [-0.2, -0.15) is 0 Å². The van der Waals surface area contributed by atoms with Crippen molar-refractivity contribution >= 4 is 37.7 Å². The summed E-state index contributed by atoms with van der Waals surface area (Å²) in [4.78, 5) is 8.96. The number of ether oxygens (including phenoxy) is 1. The molecule has 21 heavy (non-hydrogen) atoms. The number of hydrogen-bond donors (Lipinski definition) is 1. The number of nitrogens with one attached hydrogen (secondary N) is 1. The minimum absolute atomic E-state index is 0.320. The zero-order valence-electron chi connectivity index (χ0n) is 11.6. The van der Waals surface area contributed by atoms with E-state index in [2.05, 4.69) is 47.1 Å². The number of anilines is 1. The lowest BCUT2D eigenvalue weighted by atomic mass is 10.2. The van der Waals surface area contributed by atoms with Crippen molar-refractivity contribution in [2.45, 2.75) is 13.5 Å². The standard InChI is InChI=1S/C14H14Br2FN3O/c1-3-18-14-12(16)11(7-21-2)19-13(20-14)8-4-5-10(17)9(15)6-8/h4-6H,3,7H2,1-2H3,(H,18,19,20). The summed E-state index contributed by atoms with van der Waals surface area (Å²) in [5.74, 6) is 0.886. The van der Waals surface area contributed by atoms with Crippen molar-refractivity contribution in [1.82, 2.24) is 9.97 Å². The van der Waals surface area contributed by atoms with Crippen molar-refractivity contribution in [1.29, 1.82) is 0 Å². The zero-order valence-corrected chi connectivity index (χ0v) is 14.8. The first-order chi connectivity index (χ1) is 10.1. The van der Waals surface area contributed by atoms with Crippen molar-refractivity contribution in [2.75, 3.05) is 19.0 Å². The molecule has 0 bridgehead atoms. The second kappa shape index (κ2) is 7.29. The molecule has 112 valence electrons. The fraction of sp³-hybridized carbons (Fsp3) is 0.286. The highest BCUT2D eigenvalue weighted by Crippen LogP contribution is 2.29. The first kappa shape index (κ1) is 16.3. The highest BCUT2D eigenvalue weighted by molar-refractivity contribution is 9.11. The van der Waals surface area contributed by atoms with Gasteiger partial charge in [0.15, 0.2) is 5.82 Å². The molecule has 0 unspecified atom stereocenters. The molecule has 1 aromatic carbocycles. The van der Waals surface area contributed by atoms with E-state index in [1.165, 1.54) is 6.07 Å². The zero-order chi connectivity index (χ0) is 15.4. The Bertz CT molecular complexity index is 625. The van der Waals surface area contributed by atoms with Crippen LogP contribution in [-0.2, 0) is 11.3 Å². The van der Waals surface area contributed by atoms with Crippen LogP contribution in [0.15, 0.2) is 27.1 Å². The summed E-state index contributed by atoms with van der Waals surface area (Å²) in [5.41, 5.74) is 1.46. The van der Waals surface area contributed by atoms with Crippen LogP contribution in [0.5, 0.6) is 0 Å². The van der Waals surface area contributed by atoms with Gasteiger partial charge in [0.1, 0.15) is 11.6 Å². The molecule has 0 atom stereocenters. The Morgan fingerprint density at radius 1 is 1.29 bits per heavy atom. The van der Waals surface area contributed by atoms with Gasteiger partial charge in [0, 0.05) is 19.2 Å². The van der Waals surface area contributed by atoms with Crippen LogP contribution in [0.25, 0.3) is 11.4 Å². The maximum Gasteiger partial charge on any atom is 0.161 e. The van der Waals surface area contributed by atoms with E-state index in [1.807, 2.05) is 6.92 Å². The SMILES string of the molecule is CCNc1nc(-c2ccc(F)c(Br)c2)nc(COC)c1Br. The Balaban J connectivity index is 2.53. The molecule has 0 amide bonds. The van der Waals surface area contributed by atoms with Crippen molar-refractivity contribution < 1.29 is 9.13 Å². The van der Waals surface area contributed by atoms with Gasteiger partial charge in [0.25, 0.3) is 0 Å². The summed E-state index contributed by atoms with van der Waals surface area (Å²) in [6, 6.07) is 4.69. The molecule has 4 nitrogen and oxygen atoms in total. The molecule has 2 rings (SSSR count). The van der Waals surface area contributed by atoms with Crippen molar-refractivity contribution in [3.05, 3.63) is 38.7 Å². The average molecular weight is 419 g/mol. The Morgan fingerprint density at radius 3 is 2.67 bits per heavy atom. The highest BCUT2D eigenvalue weighted by Gasteiger charge is 2.14. The largest absolute Gasteiger partial charge is 0.378 e. The van der Waals surface area contributed by atoms with Crippen LogP contribution in [0.2, 0.25) is 0 Å². The third kappa shape index (κ3) is 3.78. The molecule has 0 radical (unpaired) electrons. The molecule has 0 aliphatic heterocycles. The van der Waals surface area contributed by atoms with Gasteiger partial charge in [-0.25, -0.2) is 14.4 Å². The van der Waals surface area contributed by atoms with Crippen LogP contribution in [0.1, 0.15) is 12.6 Å². The maximum absolute atomic E-state index is 13.4. The molecule has 0 aliphatic rings. The number of hydrogen-bond acceptors (Lipinski definition) is 4. The number of nitrogens with zero attached hydrogens (tertiary/aromatic N) is 2. The number of aromatic nitrogens is 2. The topological polar surface area (TPSA) is 47.0 Å². The maximum atomic E-state index is 13.4. The van der Waals surface area contributed by atoms with Crippen molar-refractivity contribution in [2.24, 2.45) is 0 Å². The fourth-order valence-electron chi connectivity index (χ4n) is 1.77. The monoisotopic (exact) mass is 417 g/mol. The number of halogens is 3. The molecule has 0 fully saturated rings. The molecule has 2 aromatic rings. The van der Waals surface area contributed by atoms with Gasteiger partial charge in [-0.1, -0.05) is 0 Å². The lowest BCUT2D eigenvalue weighted by Gasteiger charge is -2.12. The molecule has 1 aromatic heterocycles. The van der Waals surface area contributed by atoms with Crippen LogP contribution < -0.4 is 5.32 Å². The van der Waals surface area contributed by atoms with Crippen LogP contribution in [-0.4, -0.2) is 23.6 Å². The predicted molar refractivity (Wildman–Crippen MR) is 87.7 cm³/mol. The van der Waals surface area contributed by atoms with Gasteiger partial charge in [0.2, 0.25) is 0 Å². The van der Waals surface area contributed by atoms with Gasteiger partial charge < -0.3 is 10.1 Å². The smallest absolute Gasteiger partial charge is 0.161 e. The van der Waals surface area contributed by atoms with Gasteiger partial charge in [-0.05, 0) is 57.0 Å². The average Bonchev–Trinajstić information content (AvgIpc) is 2.46. The fourth-order valence-corrected chi connectivity index (χ4v) is 2.59. The van der Waals surface area contributed by atoms with Crippen LogP contribution in [0, 0.1) is 5.82 Å². The van der Waals surface area contributed by atoms with Crippen molar-refractivity contribution in [3.8, 4) is 11.4 Å². The second-order valence-corrected chi connectivity index (χ2v) is 5.90.